The van der Waals surface area contributed by atoms with Crippen molar-refractivity contribution in [3.63, 3.8) is 0 Å². The molecular formula is C19H17N5O2S. The van der Waals surface area contributed by atoms with Crippen molar-refractivity contribution in [2.75, 3.05) is 0 Å². The van der Waals surface area contributed by atoms with Gasteiger partial charge in [-0.1, -0.05) is 30.0 Å². The lowest BCUT2D eigenvalue weighted by molar-refractivity contribution is 0.660. The van der Waals surface area contributed by atoms with Crippen LogP contribution in [0.2, 0.25) is 0 Å². The van der Waals surface area contributed by atoms with E-state index in [4.69, 9.17) is 4.42 Å². The van der Waals surface area contributed by atoms with E-state index >= 15 is 0 Å². The number of H-pyrrole nitrogens is 1. The maximum absolute atomic E-state index is 12.4. The molecule has 4 aromatic rings. The maximum atomic E-state index is 12.4. The molecule has 27 heavy (non-hydrogen) atoms. The van der Waals surface area contributed by atoms with Gasteiger partial charge in [-0.05, 0) is 25.0 Å². The number of para-hydroxylation sites is 1. The van der Waals surface area contributed by atoms with Crippen LogP contribution in [-0.4, -0.2) is 24.7 Å². The van der Waals surface area contributed by atoms with Crippen LogP contribution in [0.4, 0.5) is 0 Å². The number of fused-ring (bicyclic) bond motifs is 3. The number of nitrogens with one attached hydrogen (secondary N) is 1. The number of hydrogen-bond donors (Lipinski definition) is 1. The molecule has 0 amide bonds. The van der Waals surface area contributed by atoms with Gasteiger partial charge >= 0.3 is 0 Å². The average molecular weight is 379 g/mol. The van der Waals surface area contributed by atoms with Gasteiger partial charge in [-0.3, -0.25) is 4.79 Å². The highest BCUT2D eigenvalue weighted by molar-refractivity contribution is 7.98. The summed E-state index contributed by atoms with van der Waals surface area (Å²) in [7, 11) is 0. The number of aromatic amines is 1. The molecule has 0 bridgehead atoms. The number of hydrogen-bond acceptors (Lipinski definition) is 6. The Labute approximate surface area is 158 Å². The Hall–Kier alpha value is -2.87. The molecule has 0 atom stereocenters. The fourth-order valence-electron chi connectivity index (χ4n) is 3.20. The number of rotatable bonds is 6. The molecule has 1 aromatic carbocycles. The highest BCUT2D eigenvalue weighted by atomic mass is 32.2. The normalized spacial score (nSPS) is 14.2. The van der Waals surface area contributed by atoms with Crippen LogP contribution < -0.4 is 5.56 Å². The summed E-state index contributed by atoms with van der Waals surface area (Å²) in [6, 6.07) is 7.53. The number of allylic oxidation sites excluding steroid dienone is 1. The standard InChI is InChI=1S/C19H17N5O2S/c1-2-9-24-17(11-7-8-11)22-23-19(24)27-10-14-20-15-12-5-3-4-6-13(12)26-16(15)18(25)21-14/h2-6,11H,1,7-10H2,(H,20,21,25). The molecule has 0 radical (unpaired) electrons. The van der Waals surface area contributed by atoms with Crippen molar-refractivity contribution in [1.82, 2.24) is 24.7 Å². The van der Waals surface area contributed by atoms with Gasteiger partial charge in [0.2, 0.25) is 5.58 Å². The Bertz CT molecular complexity index is 1220. The van der Waals surface area contributed by atoms with Crippen molar-refractivity contribution >= 4 is 33.8 Å². The summed E-state index contributed by atoms with van der Waals surface area (Å²) in [5.41, 5.74) is 1.25. The van der Waals surface area contributed by atoms with Gasteiger partial charge in [-0.2, -0.15) is 0 Å². The quantitative estimate of drug-likeness (QED) is 0.406. The summed E-state index contributed by atoms with van der Waals surface area (Å²) in [5, 5.41) is 10.3. The minimum atomic E-state index is -0.266. The van der Waals surface area contributed by atoms with E-state index in [0.717, 1.165) is 16.4 Å². The zero-order chi connectivity index (χ0) is 18.4. The molecule has 0 unspecified atom stereocenters. The van der Waals surface area contributed by atoms with E-state index in [2.05, 4.69) is 31.3 Å². The van der Waals surface area contributed by atoms with Gasteiger partial charge in [-0.25, -0.2) is 4.98 Å². The molecule has 1 aliphatic carbocycles. The van der Waals surface area contributed by atoms with Crippen LogP contribution in [-0.2, 0) is 12.3 Å². The molecule has 1 N–H and O–H groups in total. The Balaban J connectivity index is 1.48. The number of nitrogens with zero attached hydrogens (tertiary/aromatic N) is 4. The maximum Gasteiger partial charge on any atom is 0.294 e. The number of furan rings is 1. The summed E-state index contributed by atoms with van der Waals surface area (Å²) >= 11 is 1.51. The third kappa shape index (κ3) is 2.86. The van der Waals surface area contributed by atoms with Crippen LogP contribution in [0, 0.1) is 0 Å². The molecule has 8 heteroatoms. The number of benzene rings is 1. The van der Waals surface area contributed by atoms with Crippen LogP contribution in [0.15, 0.2) is 51.3 Å². The topological polar surface area (TPSA) is 89.6 Å². The van der Waals surface area contributed by atoms with Crippen molar-refractivity contribution in [2.45, 2.75) is 36.2 Å². The van der Waals surface area contributed by atoms with Gasteiger partial charge in [0.25, 0.3) is 5.56 Å². The van der Waals surface area contributed by atoms with Gasteiger partial charge in [0.05, 0.1) is 5.75 Å². The Morgan fingerprint density at radius 1 is 1.33 bits per heavy atom. The van der Waals surface area contributed by atoms with Crippen molar-refractivity contribution < 1.29 is 4.42 Å². The summed E-state index contributed by atoms with van der Waals surface area (Å²) in [6.45, 7) is 4.51. The molecule has 3 heterocycles. The second-order valence-corrected chi connectivity index (χ2v) is 7.53. The van der Waals surface area contributed by atoms with E-state index in [1.165, 1.54) is 24.6 Å². The van der Waals surface area contributed by atoms with E-state index in [1.54, 1.807) is 0 Å². The molecule has 1 saturated carbocycles. The van der Waals surface area contributed by atoms with Gasteiger partial charge in [0, 0.05) is 17.8 Å². The van der Waals surface area contributed by atoms with E-state index in [9.17, 15) is 4.79 Å². The van der Waals surface area contributed by atoms with E-state index in [-0.39, 0.29) is 11.1 Å². The Morgan fingerprint density at radius 3 is 3.00 bits per heavy atom. The molecule has 5 rings (SSSR count). The molecule has 136 valence electrons. The fourth-order valence-corrected chi connectivity index (χ4v) is 4.02. The van der Waals surface area contributed by atoms with Crippen molar-refractivity contribution in [1.29, 1.82) is 0 Å². The van der Waals surface area contributed by atoms with Crippen LogP contribution in [0.1, 0.15) is 30.4 Å². The van der Waals surface area contributed by atoms with Crippen molar-refractivity contribution in [2.24, 2.45) is 0 Å². The molecule has 7 nitrogen and oxygen atoms in total. The SMILES string of the molecule is C=CCn1c(SCc2nc3c(oc4ccccc43)c(=O)[nH]2)nnc1C1CC1. The Morgan fingerprint density at radius 2 is 2.19 bits per heavy atom. The van der Waals surface area contributed by atoms with Crippen LogP contribution in [0.25, 0.3) is 22.1 Å². The highest BCUT2D eigenvalue weighted by Gasteiger charge is 2.30. The molecule has 0 saturated heterocycles. The monoisotopic (exact) mass is 379 g/mol. The highest BCUT2D eigenvalue weighted by Crippen LogP contribution is 2.40. The molecule has 3 aromatic heterocycles. The lowest BCUT2D eigenvalue weighted by Crippen LogP contribution is -2.10. The summed E-state index contributed by atoms with van der Waals surface area (Å²) in [4.78, 5) is 19.8. The third-order valence-corrected chi connectivity index (χ3v) is 5.60. The third-order valence-electron chi connectivity index (χ3n) is 4.62. The molecule has 0 aliphatic heterocycles. The summed E-state index contributed by atoms with van der Waals surface area (Å²) < 4.78 is 7.73. The van der Waals surface area contributed by atoms with Crippen LogP contribution in [0.5, 0.6) is 0 Å². The van der Waals surface area contributed by atoms with E-state index in [0.29, 0.717) is 35.1 Å². The zero-order valence-corrected chi connectivity index (χ0v) is 15.3. The summed E-state index contributed by atoms with van der Waals surface area (Å²) in [6.07, 6.45) is 4.18. The predicted molar refractivity (Wildman–Crippen MR) is 104 cm³/mol. The smallest absolute Gasteiger partial charge is 0.294 e. The van der Waals surface area contributed by atoms with Crippen LogP contribution in [0.3, 0.4) is 0 Å². The van der Waals surface area contributed by atoms with Gasteiger partial charge < -0.3 is 14.0 Å². The minimum absolute atomic E-state index is 0.260. The molecule has 1 fully saturated rings. The lowest BCUT2D eigenvalue weighted by atomic mass is 10.2. The Kier molecular flexibility index (Phi) is 3.86. The summed E-state index contributed by atoms with van der Waals surface area (Å²) in [5.74, 6) is 2.61. The first-order chi connectivity index (χ1) is 13.2. The van der Waals surface area contributed by atoms with Gasteiger partial charge in [0.15, 0.2) is 5.16 Å². The fraction of sp³-hybridized carbons (Fsp3) is 0.263. The first-order valence-corrected chi connectivity index (χ1v) is 9.80. The number of aromatic nitrogens is 5. The predicted octanol–water partition coefficient (Wildman–Crippen LogP) is 3.62. The van der Waals surface area contributed by atoms with E-state index < -0.39 is 0 Å². The van der Waals surface area contributed by atoms with Crippen molar-refractivity contribution in [3.05, 3.63) is 58.9 Å². The number of thioether (sulfide) groups is 1. The van der Waals surface area contributed by atoms with Crippen molar-refractivity contribution in [3.8, 4) is 0 Å². The average Bonchev–Trinajstić information content (AvgIpc) is 3.33. The first-order valence-electron chi connectivity index (χ1n) is 8.82. The zero-order valence-electron chi connectivity index (χ0n) is 14.5. The molecule has 1 aliphatic rings. The second-order valence-electron chi connectivity index (χ2n) is 6.59. The van der Waals surface area contributed by atoms with Gasteiger partial charge in [-0.15, -0.1) is 16.8 Å². The first kappa shape index (κ1) is 16.3. The molecule has 0 spiro atoms. The largest absolute Gasteiger partial charge is 0.449 e. The lowest BCUT2D eigenvalue weighted by Gasteiger charge is -2.06. The minimum Gasteiger partial charge on any atom is -0.449 e. The van der Waals surface area contributed by atoms with E-state index in [1.807, 2.05) is 30.3 Å². The second kappa shape index (κ2) is 6.38. The van der Waals surface area contributed by atoms with Crippen LogP contribution >= 0.6 is 11.8 Å². The van der Waals surface area contributed by atoms with Gasteiger partial charge in [0.1, 0.15) is 22.7 Å². The molecular weight excluding hydrogens is 362 g/mol.